The number of benzene rings is 2. The Labute approximate surface area is 154 Å². The number of hydrogen-bond acceptors (Lipinski definition) is 5. The molecule has 0 saturated heterocycles. The van der Waals surface area contributed by atoms with Crippen molar-refractivity contribution in [2.45, 2.75) is 13.3 Å². The number of carbonyl (C=O) groups is 2. The molecule has 27 heavy (non-hydrogen) atoms. The zero-order valence-electron chi connectivity index (χ0n) is 14.4. The normalized spacial score (nSPS) is 10.6. The fourth-order valence-corrected chi connectivity index (χ4v) is 2.17. The van der Waals surface area contributed by atoms with Gasteiger partial charge in [-0.05, 0) is 19.1 Å². The highest BCUT2D eigenvalue weighted by molar-refractivity contribution is 5.94. The van der Waals surface area contributed by atoms with Gasteiger partial charge in [0.1, 0.15) is 5.82 Å². The lowest BCUT2D eigenvalue weighted by atomic mass is 10.1. The summed E-state index contributed by atoms with van der Waals surface area (Å²) in [4.78, 5) is 33.9. The van der Waals surface area contributed by atoms with Crippen LogP contribution in [0.1, 0.15) is 27.9 Å². The number of amides is 2. The number of nitro benzene ring substituents is 1. The average molecular weight is 372 g/mol. The Kier molecular flexibility index (Phi) is 6.70. The minimum atomic E-state index is -0.642. The molecule has 2 N–H and O–H groups in total. The van der Waals surface area contributed by atoms with E-state index in [0.29, 0.717) is 11.1 Å². The van der Waals surface area contributed by atoms with Gasteiger partial charge in [-0.25, -0.2) is 9.82 Å². The number of aryl methyl sites for hydroxylation is 1. The van der Waals surface area contributed by atoms with Crippen LogP contribution < -0.4 is 10.7 Å². The summed E-state index contributed by atoms with van der Waals surface area (Å²) in [6.07, 6.45) is 1.22. The van der Waals surface area contributed by atoms with Gasteiger partial charge in [0.05, 0.1) is 16.7 Å². The first-order chi connectivity index (χ1) is 12.9. The Hall–Kier alpha value is -3.62. The molecule has 2 aromatic rings. The smallest absolute Gasteiger partial charge is 0.272 e. The Morgan fingerprint density at radius 1 is 1.26 bits per heavy atom. The summed E-state index contributed by atoms with van der Waals surface area (Å²) in [6.45, 7) is 1.63. The van der Waals surface area contributed by atoms with Gasteiger partial charge in [0.25, 0.3) is 11.6 Å². The van der Waals surface area contributed by atoms with Crippen molar-refractivity contribution < 1.29 is 18.9 Å². The first-order valence-electron chi connectivity index (χ1n) is 7.98. The molecule has 9 heteroatoms. The molecule has 0 saturated carbocycles. The van der Waals surface area contributed by atoms with Gasteiger partial charge in [-0.2, -0.15) is 5.10 Å². The van der Waals surface area contributed by atoms with E-state index in [1.165, 1.54) is 36.5 Å². The zero-order valence-corrected chi connectivity index (χ0v) is 14.4. The lowest BCUT2D eigenvalue weighted by molar-refractivity contribution is -0.385. The monoisotopic (exact) mass is 372 g/mol. The minimum Gasteiger partial charge on any atom is -0.351 e. The third kappa shape index (κ3) is 5.70. The maximum atomic E-state index is 13.5. The molecule has 2 amide bonds. The molecule has 0 radical (unpaired) electrons. The van der Waals surface area contributed by atoms with E-state index in [2.05, 4.69) is 15.8 Å². The number of nitrogens with one attached hydrogen (secondary N) is 2. The number of hydrazone groups is 1. The van der Waals surface area contributed by atoms with Gasteiger partial charge in [0, 0.05) is 30.2 Å². The number of halogens is 1. The minimum absolute atomic E-state index is 0.00449. The number of carbonyl (C=O) groups excluding carboxylic acids is 2. The molecule has 0 heterocycles. The van der Waals surface area contributed by atoms with Crippen molar-refractivity contribution in [1.29, 1.82) is 0 Å². The van der Waals surface area contributed by atoms with Crippen LogP contribution in [0.4, 0.5) is 10.1 Å². The van der Waals surface area contributed by atoms with E-state index < -0.39 is 22.6 Å². The molecule has 140 valence electrons. The molecule has 0 aliphatic rings. The van der Waals surface area contributed by atoms with E-state index in [-0.39, 0.29) is 24.2 Å². The molecule has 0 atom stereocenters. The Morgan fingerprint density at radius 3 is 2.70 bits per heavy atom. The molecule has 0 aliphatic heterocycles. The van der Waals surface area contributed by atoms with Crippen LogP contribution in [0.3, 0.4) is 0 Å². The predicted octanol–water partition coefficient (Wildman–Crippen LogP) is 2.31. The van der Waals surface area contributed by atoms with E-state index in [1.54, 1.807) is 19.1 Å². The largest absolute Gasteiger partial charge is 0.351 e. The lowest BCUT2D eigenvalue weighted by Crippen LogP contribution is -2.29. The van der Waals surface area contributed by atoms with Crippen molar-refractivity contribution in [1.82, 2.24) is 10.7 Å². The average Bonchev–Trinajstić information content (AvgIpc) is 2.63. The fourth-order valence-electron chi connectivity index (χ4n) is 2.17. The van der Waals surface area contributed by atoms with Crippen molar-refractivity contribution in [3.8, 4) is 0 Å². The molecule has 2 aromatic carbocycles. The van der Waals surface area contributed by atoms with Gasteiger partial charge < -0.3 is 5.32 Å². The van der Waals surface area contributed by atoms with Crippen molar-refractivity contribution >= 4 is 23.7 Å². The third-order valence-electron chi connectivity index (χ3n) is 3.59. The molecule has 0 aliphatic carbocycles. The molecule has 0 bridgehead atoms. The maximum absolute atomic E-state index is 13.5. The van der Waals surface area contributed by atoms with Crippen LogP contribution in [0.2, 0.25) is 0 Å². The van der Waals surface area contributed by atoms with Crippen LogP contribution in [0, 0.1) is 22.9 Å². The molecular formula is C18H17FN4O4. The van der Waals surface area contributed by atoms with Gasteiger partial charge in [-0.1, -0.05) is 24.3 Å². The van der Waals surface area contributed by atoms with Crippen LogP contribution in [-0.2, 0) is 4.79 Å². The molecule has 2 rings (SSSR count). The lowest BCUT2D eigenvalue weighted by Gasteiger charge is -2.05. The highest BCUT2D eigenvalue weighted by Gasteiger charge is 2.11. The number of nitrogens with zero attached hydrogens (tertiary/aromatic N) is 2. The van der Waals surface area contributed by atoms with Gasteiger partial charge in [-0.3, -0.25) is 19.7 Å². The van der Waals surface area contributed by atoms with Crippen LogP contribution in [0.15, 0.2) is 47.6 Å². The second-order valence-corrected chi connectivity index (χ2v) is 5.58. The summed E-state index contributed by atoms with van der Waals surface area (Å²) in [5.41, 5.74) is 3.09. The van der Waals surface area contributed by atoms with E-state index >= 15 is 0 Å². The molecule has 0 fully saturated rings. The van der Waals surface area contributed by atoms with Crippen LogP contribution in [0.5, 0.6) is 0 Å². The summed E-state index contributed by atoms with van der Waals surface area (Å²) in [5, 5.41) is 17.0. The molecule has 0 aromatic heterocycles. The van der Waals surface area contributed by atoms with Crippen molar-refractivity contribution in [2.75, 3.05) is 6.54 Å². The standard InChI is InChI=1S/C18H17FN4O4/c1-12-6-7-13(10-16(12)23(26)27)11-21-22-17(24)8-9-20-18(25)14-4-2-3-5-15(14)19/h2-7,10-11H,8-9H2,1H3,(H,20,25)(H,22,24). The first-order valence-corrected chi connectivity index (χ1v) is 7.98. The van der Waals surface area contributed by atoms with Crippen LogP contribution in [0.25, 0.3) is 0 Å². The highest BCUT2D eigenvalue weighted by atomic mass is 19.1. The fraction of sp³-hybridized carbons (Fsp3) is 0.167. The molecular weight excluding hydrogens is 355 g/mol. The predicted molar refractivity (Wildman–Crippen MR) is 96.9 cm³/mol. The topological polar surface area (TPSA) is 114 Å². The highest BCUT2D eigenvalue weighted by Crippen LogP contribution is 2.18. The van der Waals surface area contributed by atoms with Crippen molar-refractivity contribution in [2.24, 2.45) is 5.10 Å². The molecule has 0 unspecified atom stereocenters. The summed E-state index contributed by atoms with van der Waals surface area (Å²) in [6, 6.07) is 10.1. The number of hydrogen-bond donors (Lipinski definition) is 2. The van der Waals surface area contributed by atoms with Crippen LogP contribution in [-0.4, -0.2) is 29.5 Å². The van der Waals surface area contributed by atoms with E-state index in [1.807, 2.05) is 0 Å². The van der Waals surface area contributed by atoms with Gasteiger partial charge in [0.2, 0.25) is 5.91 Å². The summed E-state index contributed by atoms with van der Waals surface area (Å²) in [7, 11) is 0. The second kappa shape index (κ2) is 9.18. The van der Waals surface area contributed by atoms with Crippen LogP contribution >= 0.6 is 0 Å². The maximum Gasteiger partial charge on any atom is 0.272 e. The van der Waals surface area contributed by atoms with E-state index in [0.717, 1.165) is 0 Å². The summed E-state index contributed by atoms with van der Waals surface area (Å²) >= 11 is 0. The second-order valence-electron chi connectivity index (χ2n) is 5.58. The molecule has 0 spiro atoms. The summed E-state index contributed by atoms with van der Waals surface area (Å²) < 4.78 is 13.5. The number of rotatable bonds is 7. The Balaban J connectivity index is 1.80. The first kappa shape index (κ1) is 19.7. The van der Waals surface area contributed by atoms with Gasteiger partial charge >= 0.3 is 0 Å². The van der Waals surface area contributed by atoms with E-state index in [9.17, 15) is 24.1 Å². The zero-order chi connectivity index (χ0) is 19.8. The van der Waals surface area contributed by atoms with Crippen molar-refractivity contribution in [3.05, 3.63) is 75.1 Å². The Morgan fingerprint density at radius 2 is 2.00 bits per heavy atom. The quantitative estimate of drug-likeness (QED) is 0.441. The SMILES string of the molecule is Cc1ccc(C=NNC(=O)CCNC(=O)c2ccccc2F)cc1[N+](=O)[O-]. The molecule has 8 nitrogen and oxygen atoms in total. The van der Waals surface area contributed by atoms with Crippen molar-refractivity contribution in [3.63, 3.8) is 0 Å². The number of nitro groups is 1. The Bertz CT molecular complexity index is 899. The third-order valence-corrected chi connectivity index (χ3v) is 3.59. The summed E-state index contributed by atoms with van der Waals surface area (Å²) in [5.74, 6) is -1.73. The van der Waals surface area contributed by atoms with E-state index in [4.69, 9.17) is 0 Å². The van der Waals surface area contributed by atoms with Gasteiger partial charge in [0.15, 0.2) is 0 Å². The van der Waals surface area contributed by atoms with Gasteiger partial charge in [-0.15, -0.1) is 0 Å².